The number of benzene rings is 2. The maximum absolute atomic E-state index is 12.6. The van der Waals surface area contributed by atoms with Gasteiger partial charge in [0.2, 0.25) is 5.91 Å². The molecule has 6 atom stereocenters. The quantitative estimate of drug-likeness (QED) is 0.221. The van der Waals surface area contributed by atoms with Gasteiger partial charge in [0.15, 0.2) is 0 Å². The summed E-state index contributed by atoms with van der Waals surface area (Å²) in [7, 11) is 0. The third-order valence-electron chi connectivity index (χ3n) is 5.93. The smallest absolute Gasteiger partial charge is 0.377 e. The van der Waals surface area contributed by atoms with Gasteiger partial charge >= 0.3 is 11.8 Å². The zero-order chi connectivity index (χ0) is 26.9. The number of rotatable bonds is 8. The second kappa shape index (κ2) is 11.0. The molecule has 2 heterocycles. The Kier molecular flexibility index (Phi) is 8.14. The molecule has 0 bridgehead atoms. The number of nitrogens with zero attached hydrogens (tertiary/aromatic N) is 1. The number of thiazole rings is 1. The number of aliphatic hydroxyl groups is 4. The minimum absolute atomic E-state index is 0.0748. The van der Waals surface area contributed by atoms with E-state index in [1.54, 1.807) is 12.1 Å². The summed E-state index contributed by atoms with van der Waals surface area (Å²) in [6.45, 7) is 0.291. The Morgan fingerprint density at radius 3 is 2.68 bits per heavy atom. The van der Waals surface area contributed by atoms with Gasteiger partial charge in [-0.05, 0) is 30.3 Å². The van der Waals surface area contributed by atoms with E-state index in [4.69, 9.17) is 9.47 Å². The normalized spacial score (nSPS) is 25.4. The Morgan fingerprint density at radius 1 is 1.30 bits per heavy atom. The van der Waals surface area contributed by atoms with Crippen molar-refractivity contribution < 1.29 is 44.6 Å². The van der Waals surface area contributed by atoms with Crippen LogP contribution in [0.15, 0.2) is 46.9 Å². The standard InChI is InChI=1S/C24H25BrN2O9S/c1-11(29)26-19-15(30)9-24(23(33)34,36-21(19)20(32)16(31)10-28)35-17-7-6-12(25)8-13(17)22-27-14-4-2-3-5-18(14)37-22/h2-8,15-16,19-21,28,30-32H,9-10H2,1H3,(H,26,29)(H,33,34)/t15-,16+,19+,20+,21+,24-/m0/s1. The molecule has 198 valence electrons. The van der Waals surface area contributed by atoms with E-state index in [0.29, 0.717) is 15.0 Å². The molecule has 13 heteroatoms. The summed E-state index contributed by atoms with van der Waals surface area (Å²) in [6, 6.07) is 11.0. The largest absolute Gasteiger partial charge is 0.476 e. The highest BCUT2D eigenvalue weighted by atomic mass is 79.9. The molecule has 6 N–H and O–H groups in total. The van der Waals surface area contributed by atoms with Gasteiger partial charge in [0.25, 0.3) is 0 Å². The van der Waals surface area contributed by atoms with Crippen LogP contribution >= 0.6 is 27.3 Å². The van der Waals surface area contributed by atoms with E-state index < -0.39 is 61.1 Å². The van der Waals surface area contributed by atoms with Crippen molar-refractivity contribution in [3.8, 4) is 16.3 Å². The molecule has 1 amide bonds. The first-order valence-corrected chi connectivity index (χ1v) is 12.8. The number of carboxylic acid groups (broad SMARTS) is 1. The minimum atomic E-state index is -2.52. The van der Waals surface area contributed by atoms with Crippen LogP contribution in [0.4, 0.5) is 0 Å². The third kappa shape index (κ3) is 5.62. The number of ether oxygens (including phenoxy) is 2. The topological polar surface area (TPSA) is 179 Å². The molecule has 0 spiro atoms. The van der Waals surface area contributed by atoms with Crippen LogP contribution in [0, 0.1) is 0 Å². The van der Waals surface area contributed by atoms with Gasteiger partial charge in [0.1, 0.15) is 29.1 Å². The van der Waals surface area contributed by atoms with Crippen molar-refractivity contribution >= 4 is 49.4 Å². The Hall–Kier alpha value is -2.65. The molecule has 1 saturated heterocycles. The zero-order valence-electron chi connectivity index (χ0n) is 19.4. The van der Waals surface area contributed by atoms with Gasteiger partial charge in [-0.25, -0.2) is 9.78 Å². The number of hydrogen-bond acceptors (Lipinski definition) is 10. The van der Waals surface area contributed by atoms with E-state index in [2.05, 4.69) is 26.2 Å². The van der Waals surface area contributed by atoms with Crippen molar-refractivity contribution in [2.75, 3.05) is 6.61 Å². The van der Waals surface area contributed by atoms with Crippen molar-refractivity contribution in [3.05, 3.63) is 46.9 Å². The number of aromatic nitrogens is 1. The molecule has 1 fully saturated rings. The Labute approximate surface area is 223 Å². The molecule has 1 aromatic heterocycles. The third-order valence-corrected chi connectivity index (χ3v) is 7.49. The first kappa shape index (κ1) is 27.4. The predicted octanol–water partition coefficient (Wildman–Crippen LogP) is 1.25. The number of carbonyl (C=O) groups is 2. The van der Waals surface area contributed by atoms with Crippen LogP contribution in [0.3, 0.4) is 0 Å². The highest BCUT2D eigenvalue weighted by Crippen LogP contribution is 2.41. The van der Waals surface area contributed by atoms with Gasteiger partial charge in [-0.15, -0.1) is 11.3 Å². The number of amides is 1. The maximum atomic E-state index is 12.6. The van der Waals surface area contributed by atoms with Gasteiger partial charge in [-0.3, -0.25) is 4.79 Å². The van der Waals surface area contributed by atoms with Crippen LogP contribution in [-0.2, 0) is 14.3 Å². The first-order valence-electron chi connectivity index (χ1n) is 11.2. The van der Waals surface area contributed by atoms with E-state index in [9.17, 15) is 35.1 Å². The molecule has 3 aromatic rings. The number of aliphatic hydroxyl groups excluding tert-OH is 4. The molecule has 0 unspecified atom stereocenters. The Bertz CT molecular complexity index is 1270. The van der Waals surface area contributed by atoms with Gasteiger partial charge in [-0.2, -0.15) is 0 Å². The lowest BCUT2D eigenvalue weighted by Gasteiger charge is -2.46. The number of hydrogen-bond donors (Lipinski definition) is 6. The minimum Gasteiger partial charge on any atom is -0.476 e. The fourth-order valence-corrected chi connectivity index (χ4v) is 5.50. The lowest BCUT2D eigenvalue weighted by atomic mass is 9.88. The van der Waals surface area contributed by atoms with Crippen molar-refractivity contribution in [1.29, 1.82) is 0 Å². The second-order valence-electron chi connectivity index (χ2n) is 8.61. The van der Waals surface area contributed by atoms with E-state index in [0.717, 1.165) is 10.2 Å². The number of fused-ring (bicyclic) bond motifs is 1. The number of nitrogens with one attached hydrogen (secondary N) is 1. The van der Waals surface area contributed by atoms with Crippen LogP contribution in [-0.4, -0.2) is 85.2 Å². The molecular formula is C24H25BrN2O9S. The predicted molar refractivity (Wildman–Crippen MR) is 136 cm³/mol. The molecule has 0 aliphatic carbocycles. The van der Waals surface area contributed by atoms with Gasteiger partial charge in [0, 0.05) is 11.4 Å². The molecule has 1 aliphatic rings. The maximum Gasteiger partial charge on any atom is 0.377 e. The summed E-state index contributed by atoms with van der Waals surface area (Å²) in [4.78, 5) is 28.9. The number of halogens is 1. The highest BCUT2D eigenvalue weighted by Gasteiger charge is 2.57. The average molecular weight is 597 g/mol. The average Bonchev–Trinajstić information content (AvgIpc) is 3.29. The van der Waals surface area contributed by atoms with E-state index in [-0.39, 0.29) is 5.75 Å². The molecule has 1 aliphatic heterocycles. The molecule has 0 radical (unpaired) electrons. The summed E-state index contributed by atoms with van der Waals surface area (Å²) in [6.07, 6.45) is -7.44. The highest BCUT2D eigenvalue weighted by molar-refractivity contribution is 9.10. The Balaban J connectivity index is 1.76. The van der Waals surface area contributed by atoms with Gasteiger partial charge in [-0.1, -0.05) is 28.1 Å². The number of para-hydroxylation sites is 1. The molecule has 37 heavy (non-hydrogen) atoms. The summed E-state index contributed by atoms with van der Waals surface area (Å²) < 4.78 is 13.3. The molecule has 4 rings (SSSR count). The fraction of sp³-hybridized carbons (Fsp3) is 0.375. The zero-order valence-corrected chi connectivity index (χ0v) is 21.8. The summed E-state index contributed by atoms with van der Waals surface area (Å²) in [5.41, 5.74) is 1.19. The van der Waals surface area contributed by atoms with Crippen LogP contribution in [0.1, 0.15) is 13.3 Å². The lowest BCUT2D eigenvalue weighted by Crippen LogP contribution is -2.68. The second-order valence-corrected chi connectivity index (χ2v) is 10.6. The van der Waals surface area contributed by atoms with Gasteiger partial charge in [0.05, 0.1) is 41.0 Å². The van der Waals surface area contributed by atoms with Gasteiger partial charge < -0.3 is 40.3 Å². The number of carbonyl (C=O) groups excluding carboxylic acids is 1. The summed E-state index contributed by atoms with van der Waals surface area (Å²) >= 11 is 4.77. The van der Waals surface area contributed by atoms with Crippen molar-refractivity contribution in [3.63, 3.8) is 0 Å². The van der Waals surface area contributed by atoms with Crippen molar-refractivity contribution in [1.82, 2.24) is 10.3 Å². The van der Waals surface area contributed by atoms with Crippen LogP contribution in [0.25, 0.3) is 20.8 Å². The van der Waals surface area contributed by atoms with Crippen LogP contribution in [0.2, 0.25) is 0 Å². The Morgan fingerprint density at radius 2 is 2.03 bits per heavy atom. The van der Waals surface area contributed by atoms with E-state index in [1.165, 1.54) is 24.3 Å². The van der Waals surface area contributed by atoms with Crippen LogP contribution in [0.5, 0.6) is 5.75 Å². The number of carboxylic acids is 1. The molecule has 11 nitrogen and oxygen atoms in total. The first-order chi connectivity index (χ1) is 17.5. The summed E-state index contributed by atoms with van der Waals surface area (Å²) in [5, 5.41) is 54.0. The molecule has 0 saturated carbocycles. The molecular weight excluding hydrogens is 572 g/mol. The fourth-order valence-electron chi connectivity index (χ4n) is 4.16. The van der Waals surface area contributed by atoms with Crippen molar-refractivity contribution in [2.45, 2.75) is 49.6 Å². The van der Waals surface area contributed by atoms with E-state index in [1.807, 2.05) is 24.3 Å². The van der Waals surface area contributed by atoms with Crippen molar-refractivity contribution in [2.24, 2.45) is 0 Å². The summed E-state index contributed by atoms with van der Waals surface area (Å²) in [5.74, 6) is -4.64. The van der Waals surface area contributed by atoms with E-state index >= 15 is 0 Å². The monoisotopic (exact) mass is 596 g/mol. The SMILES string of the molecule is CC(=O)N[C@H]1[C@H]([C@H](O)[C@H](O)CO)O[C@](Oc2ccc(Br)cc2-c2nc3ccccc3s2)(C(=O)O)C[C@@H]1O. The molecule has 2 aromatic carbocycles. The lowest BCUT2D eigenvalue weighted by molar-refractivity contribution is -0.284. The number of aliphatic carboxylic acids is 1. The van der Waals surface area contributed by atoms with Crippen LogP contribution < -0.4 is 10.1 Å².